The second-order valence-corrected chi connectivity index (χ2v) is 4.36. The Morgan fingerprint density at radius 1 is 1.35 bits per heavy atom. The number of nitro groups is 1. The third-order valence-corrected chi connectivity index (χ3v) is 3.07. The van der Waals surface area contributed by atoms with Crippen LogP contribution in [0.25, 0.3) is 0 Å². The molecule has 0 aromatic carbocycles. The molecule has 0 radical (unpaired) electrons. The number of nitrogens with zero attached hydrogens (tertiary/aromatic N) is 5. The molecule has 2 heterocycles. The molecular formula is C10H17N5O2. The Labute approximate surface area is 99.8 Å². The lowest BCUT2D eigenvalue weighted by molar-refractivity contribution is -0.385. The van der Waals surface area contributed by atoms with Gasteiger partial charge in [0.05, 0.1) is 11.5 Å². The van der Waals surface area contributed by atoms with Crippen molar-refractivity contribution in [2.24, 2.45) is 0 Å². The van der Waals surface area contributed by atoms with Crippen molar-refractivity contribution in [2.45, 2.75) is 6.54 Å². The van der Waals surface area contributed by atoms with E-state index in [1.54, 1.807) is 4.68 Å². The van der Waals surface area contributed by atoms with E-state index in [4.69, 9.17) is 0 Å². The molecule has 94 valence electrons. The Morgan fingerprint density at radius 3 is 2.65 bits per heavy atom. The summed E-state index contributed by atoms with van der Waals surface area (Å²) >= 11 is 0. The van der Waals surface area contributed by atoms with E-state index >= 15 is 0 Å². The van der Waals surface area contributed by atoms with Gasteiger partial charge in [0.25, 0.3) is 0 Å². The fourth-order valence-corrected chi connectivity index (χ4v) is 1.88. The Morgan fingerprint density at radius 2 is 2.06 bits per heavy atom. The molecule has 1 fully saturated rings. The Kier molecular flexibility index (Phi) is 3.70. The zero-order valence-electron chi connectivity index (χ0n) is 9.95. The summed E-state index contributed by atoms with van der Waals surface area (Å²) in [6.07, 6.45) is 2.78. The fraction of sp³-hybridized carbons (Fsp3) is 0.700. The van der Waals surface area contributed by atoms with Gasteiger partial charge in [0.2, 0.25) is 0 Å². The van der Waals surface area contributed by atoms with E-state index in [0.717, 1.165) is 32.7 Å². The smallest absolute Gasteiger partial charge is 0.304 e. The van der Waals surface area contributed by atoms with Crippen molar-refractivity contribution in [3.63, 3.8) is 0 Å². The third-order valence-electron chi connectivity index (χ3n) is 3.07. The van der Waals surface area contributed by atoms with Crippen molar-refractivity contribution in [2.75, 3.05) is 39.8 Å². The van der Waals surface area contributed by atoms with Gasteiger partial charge < -0.3 is 4.90 Å². The SMILES string of the molecule is CN1CCN(CCn2cc([N+](=O)[O-])cn2)CC1. The van der Waals surface area contributed by atoms with Crippen molar-refractivity contribution in [3.8, 4) is 0 Å². The van der Waals surface area contributed by atoms with Crippen LogP contribution in [-0.4, -0.2) is 64.3 Å². The van der Waals surface area contributed by atoms with Gasteiger partial charge in [-0.15, -0.1) is 0 Å². The highest BCUT2D eigenvalue weighted by Gasteiger charge is 2.14. The molecule has 17 heavy (non-hydrogen) atoms. The van der Waals surface area contributed by atoms with E-state index in [1.165, 1.54) is 12.4 Å². The first kappa shape index (κ1) is 12.0. The normalized spacial score (nSPS) is 18.4. The number of likely N-dealkylation sites (N-methyl/N-ethyl adjacent to an activating group) is 1. The number of rotatable bonds is 4. The first-order valence-corrected chi connectivity index (χ1v) is 5.73. The fourth-order valence-electron chi connectivity index (χ4n) is 1.88. The molecule has 1 saturated heterocycles. The van der Waals surface area contributed by atoms with E-state index in [-0.39, 0.29) is 5.69 Å². The van der Waals surface area contributed by atoms with Crippen molar-refractivity contribution in [1.29, 1.82) is 0 Å². The summed E-state index contributed by atoms with van der Waals surface area (Å²) in [5, 5.41) is 14.5. The predicted molar refractivity (Wildman–Crippen MR) is 62.8 cm³/mol. The minimum Gasteiger partial charge on any atom is -0.304 e. The maximum Gasteiger partial charge on any atom is 0.306 e. The second-order valence-electron chi connectivity index (χ2n) is 4.36. The summed E-state index contributed by atoms with van der Waals surface area (Å²) in [6.45, 7) is 5.88. The molecule has 0 atom stereocenters. The van der Waals surface area contributed by atoms with Crippen LogP contribution < -0.4 is 0 Å². The highest BCUT2D eigenvalue weighted by molar-refractivity contribution is 5.20. The molecule has 0 N–H and O–H groups in total. The molecule has 1 aliphatic rings. The first-order valence-electron chi connectivity index (χ1n) is 5.73. The molecule has 2 rings (SSSR count). The lowest BCUT2D eigenvalue weighted by atomic mass is 10.3. The number of hydrogen-bond acceptors (Lipinski definition) is 5. The van der Waals surface area contributed by atoms with Gasteiger partial charge in [0.1, 0.15) is 12.4 Å². The summed E-state index contributed by atoms with van der Waals surface area (Å²) < 4.78 is 1.64. The monoisotopic (exact) mass is 239 g/mol. The topological polar surface area (TPSA) is 67.4 Å². The largest absolute Gasteiger partial charge is 0.306 e. The van der Waals surface area contributed by atoms with Gasteiger partial charge in [-0.2, -0.15) is 5.10 Å². The van der Waals surface area contributed by atoms with Crippen LogP contribution in [0.2, 0.25) is 0 Å². The van der Waals surface area contributed by atoms with E-state index in [2.05, 4.69) is 21.9 Å². The van der Waals surface area contributed by atoms with E-state index < -0.39 is 4.92 Å². The molecule has 0 aliphatic carbocycles. The molecule has 0 bridgehead atoms. The number of aromatic nitrogens is 2. The highest BCUT2D eigenvalue weighted by Crippen LogP contribution is 2.08. The van der Waals surface area contributed by atoms with Gasteiger partial charge in [-0.1, -0.05) is 0 Å². The van der Waals surface area contributed by atoms with Crippen LogP contribution in [-0.2, 0) is 6.54 Å². The summed E-state index contributed by atoms with van der Waals surface area (Å²) in [7, 11) is 2.12. The van der Waals surface area contributed by atoms with Crippen molar-refractivity contribution < 1.29 is 4.92 Å². The molecule has 7 heteroatoms. The van der Waals surface area contributed by atoms with E-state index in [9.17, 15) is 10.1 Å². The Hall–Kier alpha value is -1.47. The summed E-state index contributed by atoms with van der Waals surface area (Å²) in [6, 6.07) is 0. The van der Waals surface area contributed by atoms with Crippen LogP contribution in [0.15, 0.2) is 12.4 Å². The maximum absolute atomic E-state index is 10.5. The number of piperazine rings is 1. The van der Waals surface area contributed by atoms with Gasteiger partial charge in [-0.3, -0.25) is 19.7 Å². The molecule has 0 unspecified atom stereocenters. The van der Waals surface area contributed by atoms with Crippen molar-refractivity contribution in [3.05, 3.63) is 22.5 Å². The quantitative estimate of drug-likeness (QED) is 0.548. The lowest BCUT2D eigenvalue weighted by Gasteiger charge is -2.32. The molecule has 7 nitrogen and oxygen atoms in total. The molecular weight excluding hydrogens is 222 g/mol. The molecule has 0 spiro atoms. The zero-order chi connectivity index (χ0) is 12.3. The van der Waals surface area contributed by atoms with E-state index in [0.29, 0.717) is 6.54 Å². The zero-order valence-corrected chi connectivity index (χ0v) is 9.95. The molecule has 0 saturated carbocycles. The minimum absolute atomic E-state index is 0.0587. The summed E-state index contributed by atoms with van der Waals surface area (Å²) in [5.41, 5.74) is 0.0587. The van der Waals surface area contributed by atoms with Crippen LogP contribution in [0.3, 0.4) is 0 Å². The van der Waals surface area contributed by atoms with Gasteiger partial charge in [-0.05, 0) is 7.05 Å². The van der Waals surface area contributed by atoms with E-state index in [1.807, 2.05) is 0 Å². The van der Waals surface area contributed by atoms with Crippen LogP contribution in [0.5, 0.6) is 0 Å². The molecule has 1 aromatic heterocycles. The summed E-state index contributed by atoms with van der Waals surface area (Å²) in [4.78, 5) is 14.7. The first-order chi connectivity index (χ1) is 8.15. The third kappa shape index (κ3) is 3.24. The van der Waals surface area contributed by atoms with Crippen LogP contribution in [0.4, 0.5) is 5.69 Å². The van der Waals surface area contributed by atoms with Crippen LogP contribution in [0.1, 0.15) is 0 Å². The molecule has 1 aliphatic heterocycles. The van der Waals surface area contributed by atoms with Gasteiger partial charge in [-0.25, -0.2) is 0 Å². The average Bonchev–Trinajstić information content (AvgIpc) is 2.77. The van der Waals surface area contributed by atoms with Gasteiger partial charge >= 0.3 is 5.69 Å². The summed E-state index contributed by atoms with van der Waals surface area (Å²) in [5.74, 6) is 0. The predicted octanol–water partition coefficient (Wildman–Crippen LogP) is 0.0387. The Bertz CT molecular complexity index is 384. The molecule has 0 amide bonds. The van der Waals surface area contributed by atoms with Gasteiger partial charge in [0, 0.05) is 32.7 Å². The second kappa shape index (κ2) is 5.24. The van der Waals surface area contributed by atoms with Gasteiger partial charge in [0.15, 0.2) is 0 Å². The van der Waals surface area contributed by atoms with Crippen LogP contribution >= 0.6 is 0 Å². The number of hydrogen-bond donors (Lipinski definition) is 0. The maximum atomic E-state index is 10.5. The van der Waals surface area contributed by atoms with Crippen molar-refractivity contribution in [1.82, 2.24) is 19.6 Å². The van der Waals surface area contributed by atoms with Crippen molar-refractivity contribution >= 4 is 5.69 Å². The lowest BCUT2D eigenvalue weighted by Crippen LogP contribution is -2.45. The van der Waals surface area contributed by atoms with Crippen LogP contribution in [0, 0.1) is 10.1 Å². The Balaban J connectivity index is 1.79. The molecule has 1 aromatic rings. The average molecular weight is 239 g/mol. The minimum atomic E-state index is -0.417. The standard InChI is InChI=1S/C10H17N5O2/c1-12-2-4-13(5-3-12)6-7-14-9-10(8-11-14)15(16)17/h8-9H,2-7H2,1H3. The highest BCUT2D eigenvalue weighted by atomic mass is 16.6.